The lowest BCUT2D eigenvalue weighted by molar-refractivity contribution is 0.414. The Kier molecular flexibility index (Phi) is 5.37. The lowest BCUT2D eigenvalue weighted by atomic mass is 10.2. The summed E-state index contributed by atoms with van der Waals surface area (Å²) in [7, 11) is 3.35. The first-order valence-electron chi connectivity index (χ1n) is 8.11. The van der Waals surface area contributed by atoms with Gasteiger partial charge >= 0.3 is 0 Å². The second kappa shape index (κ2) is 8.06. The SMILES string of the molecule is COc1ccc(/C=C/N(c2ccccc2)c2ccc(OC)cc2)cc1. The molecule has 0 unspecified atom stereocenters. The van der Waals surface area contributed by atoms with E-state index in [4.69, 9.17) is 9.47 Å². The van der Waals surface area contributed by atoms with Crippen LogP contribution < -0.4 is 14.4 Å². The first-order valence-corrected chi connectivity index (χ1v) is 8.11. The normalized spacial score (nSPS) is 10.6. The first kappa shape index (κ1) is 16.7. The Morgan fingerprint density at radius 2 is 1.16 bits per heavy atom. The Morgan fingerprint density at radius 1 is 0.640 bits per heavy atom. The van der Waals surface area contributed by atoms with Crippen LogP contribution in [0.1, 0.15) is 5.56 Å². The fraction of sp³-hybridized carbons (Fsp3) is 0.0909. The molecule has 3 heteroatoms. The van der Waals surface area contributed by atoms with Gasteiger partial charge in [-0.3, -0.25) is 0 Å². The number of rotatable bonds is 6. The first-order chi connectivity index (χ1) is 12.3. The number of nitrogens with zero attached hydrogens (tertiary/aromatic N) is 1. The maximum Gasteiger partial charge on any atom is 0.119 e. The second-order valence-corrected chi connectivity index (χ2v) is 5.49. The van der Waals surface area contributed by atoms with Gasteiger partial charge in [-0.05, 0) is 60.2 Å². The zero-order chi connectivity index (χ0) is 17.5. The average molecular weight is 331 g/mol. The Balaban J connectivity index is 1.91. The molecule has 0 amide bonds. The van der Waals surface area contributed by atoms with E-state index in [1.807, 2.05) is 66.7 Å². The Labute approximate surface area is 148 Å². The van der Waals surface area contributed by atoms with Gasteiger partial charge in [-0.25, -0.2) is 0 Å². The minimum absolute atomic E-state index is 0.843. The molecule has 0 atom stereocenters. The smallest absolute Gasteiger partial charge is 0.119 e. The molecule has 0 aromatic heterocycles. The van der Waals surface area contributed by atoms with Crippen molar-refractivity contribution in [1.29, 1.82) is 0 Å². The summed E-state index contributed by atoms with van der Waals surface area (Å²) in [5, 5.41) is 0. The van der Waals surface area contributed by atoms with Crippen molar-refractivity contribution in [3.8, 4) is 11.5 Å². The highest BCUT2D eigenvalue weighted by atomic mass is 16.5. The molecular weight excluding hydrogens is 310 g/mol. The number of anilines is 2. The van der Waals surface area contributed by atoms with Gasteiger partial charge in [-0.2, -0.15) is 0 Å². The van der Waals surface area contributed by atoms with Gasteiger partial charge in [-0.1, -0.05) is 30.3 Å². The van der Waals surface area contributed by atoms with Crippen LogP contribution in [0.5, 0.6) is 11.5 Å². The molecule has 0 saturated carbocycles. The maximum absolute atomic E-state index is 5.26. The van der Waals surface area contributed by atoms with E-state index in [0.717, 1.165) is 28.4 Å². The van der Waals surface area contributed by atoms with Crippen molar-refractivity contribution in [2.75, 3.05) is 19.1 Å². The van der Waals surface area contributed by atoms with Crippen LogP contribution in [-0.2, 0) is 0 Å². The average Bonchev–Trinajstić information content (AvgIpc) is 2.70. The molecule has 0 radical (unpaired) electrons. The summed E-state index contributed by atoms with van der Waals surface area (Å²) in [6.45, 7) is 0. The summed E-state index contributed by atoms with van der Waals surface area (Å²) in [4.78, 5) is 2.14. The highest BCUT2D eigenvalue weighted by molar-refractivity contribution is 5.69. The minimum atomic E-state index is 0.843. The van der Waals surface area contributed by atoms with Crippen LogP contribution in [0, 0.1) is 0 Å². The van der Waals surface area contributed by atoms with Crippen LogP contribution in [0.3, 0.4) is 0 Å². The zero-order valence-electron chi connectivity index (χ0n) is 14.4. The van der Waals surface area contributed by atoms with Crippen molar-refractivity contribution < 1.29 is 9.47 Å². The van der Waals surface area contributed by atoms with Gasteiger partial charge < -0.3 is 14.4 Å². The van der Waals surface area contributed by atoms with Gasteiger partial charge in [0.05, 0.1) is 14.2 Å². The van der Waals surface area contributed by atoms with Crippen LogP contribution in [-0.4, -0.2) is 14.2 Å². The molecule has 0 N–H and O–H groups in total. The summed E-state index contributed by atoms with van der Waals surface area (Å²) >= 11 is 0. The highest BCUT2D eigenvalue weighted by Crippen LogP contribution is 2.28. The molecule has 3 rings (SSSR count). The van der Waals surface area contributed by atoms with Crippen LogP contribution in [0.15, 0.2) is 85.1 Å². The van der Waals surface area contributed by atoms with E-state index in [1.165, 1.54) is 0 Å². The van der Waals surface area contributed by atoms with E-state index in [2.05, 4.69) is 29.3 Å². The van der Waals surface area contributed by atoms with Crippen molar-refractivity contribution >= 4 is 17.5 Å². The van der Waals surface area contributed by atoms with Gasteiger partial charge in [0, 0.05) is 17.6 Å². The maximum atomic E-state index is 5.26. The van der Waals surface area contributed by atoms with Crippen LogP contribution in [0.25, 0.3) is 6.08 Å². The standard InChI is InChI=1S/C22H21NO2/c1-24-21-12-8-18(9-13-21)16-17-23(19-6-4-3-5-7-19)20-10-14-22(25-2)15-11-20/h3-17H,1-2H3/b17-16+. The minimum Gasteiger partial charge on any atom is -0.497 e. The van der Waals surface area contributed by atoms with Crippen molar-refractivity contribution in [2.45, 2.75) is 0 Å². The fourth-order valence-electron chi connectivity index (χ4n) is 2.53. The summed E-state index contributed by atoms with van der Waals surface area (Å²) < 4.78 is 10.5. The van der Waals surface area contributed by atoms with Crippen molar-refractivity contribution in [2.24, 2.45) is 0 Å². The third kappa shape index (κ3) is 4.21. The molecule has 25 heavy (non-hydrogen) atoms. The lowest BCUT2D eigenvalue weighted by Gasteiger charge is -2.21. The van der Waals surface area contributed by atoms with Crippen molar-refractivity contribution in [3.63, 3.8) is 0 Å². The molecule has 126 valence electrons. The summed E-state index contributed by atoms with van der Waals surface area (Å²) in [6.07, 6.45) is 4.15. The van der Waals surface area contributed by atoms with Gasteiger partial charge in [0.1, 0.15) is 11.5 Å². The third-order valence-electron chi connectivity index (χ3n) is 3.92. The molecule has 0 aliphatic heterocycles. The van der Waals surface area contributed by atoms with Crippen molar-refractivity contribution in [3.05, 3.63) is 90.6 Å². The van der Waals surface area contributed by atoms with Crippen molar-refractivity contribution in [1.82, 2.24) is 0 Å². The van der Waals surface area contributed by atoms with Gasteiger partial charge in [0.2, 0.25) is 0 Å². The monoisotopic (exact) mass is 331 g/mol. The van der Waals surface area contributed by atoms with E-state index in [9.17, 15) is 0 Å². The van der Waals surface area contributed by atoms with E-state index < -0.39 is 0 Å². The van der Waals surface area contributed by atoms with Crippen LogP contribution in [0.2, 0.25) is 0 Å². The Hall–Kier alpha value is -3.20. The molecule has 0 heterocycles. The second-order valence-electron chi connectivity index (χ2n) is 5.49. The predicted molar refractivity (Wildman–Crippen MR) is 104 cm³/mol. The van der Waals surface area contributed by atoms with E-state index in [1.54, 1.807) is 14.2 Å². The molecule has 3 aromatic carbocycles. The molecule has 0 saturated heterocycles. The number of hydrogen-bond acceptors (Lipinski definition) is 3. The molecule has 0 bridgehead atoms. The van der Waals surface area contributed by atoms with Gasteiger partial charge in [0.15, 0.2) is 0 Å². The molecule has 0 aliphatic rings. The quantitative estimate of drug-likeness (QED) is 0.594. The topological polar surface area (TPSA) is 21.7 Å². The number of methoxy groups -OCH3 is 2. The molecular formula is C22H21NO2. The number of benzene rings is 3. The lowest BCUT2D eigenvalue weighted by Crippen LogP contribution is -2.07. The molecule has 3 nitrogen and oxygen atoms in total. The molecule has 0 spiro atoms. The fourth-order valence-corrected chi connectivity index (χ4v) is 2.53. The largest absolute Gasteiger partial charge is 0.497 e. The van der Waals surface area contributed by atoms with Gasteiger partial charge in [0.25, 0.3) is 0 Å². The van der Waals surface area contributed by atoms with E-state index in [-0.39, 0.29) is 0 Å². The highest BCUT2D eigenvalue weighted by Gasteiger charge is 2.06. The van der Waals surface area contributed by atoms with E-state index in [0.29, 0.717) is 0 Å². The predicted octanol–water partition coefficient (Wildman–Crippen LogP) is 5.51. The van der Waals surface area contributed by atoms with E-state index >= 15 is 0 Å². The Morgan fingerprint density at radius 3 is 1.72 bits per heavy atom. The summed E-state index contributed by atoms with van der Waals surface area (Å²) in [6, 6.07) is 26.3. The third-order valence-corrected chi connectivity index (χ3v) is 3.92. The Bertz CT molecular complexity index is 809. The molecule has 3 aromatic rings. The summed E-state index contributed by atoms with van der Waals surface area (Å²) in [5.41, 5.74) is 3.27. The number of ether oxygens (including phenoxy) is 2. The number of para-hydroxylation sites is 1. The molecule has 0 fully saturated rings. The number of hydrogen-bond donors (Lipinski definition) is 0. The van der Waals surface area contributed by atoms with Gasteiger partial charge in [-0.15, -0.1) is 0 Å². The molecule has 0 aliphatic carbocycles. The zero-order valence-corrected chi connectivity index (χ0v) is 14.4. The van der Waals surface area contributed by atoms with Crippen LogP contribution >= 0.6 is 0 Å². The van der Waals surface area contributed by atoms with Crippen LogP contribution in [0.4, 0.5) is 11.4 Å². The summed E-state index contributed by atoms with van der Waals surface area (Å²) in [5.74, 6) is 1.70.